The van der Waals surface area contributed by atoms with Gasteiger partial charge in [0.2, 0.25) is 10.0 Å². The molecule has 2 aromatic rings. The molecule has 1 heterocycles. The van der Waals surface area contributed by atoms with Gasteiger partial charge >= 0.3 is 0 Å². The summed E-state index contributed by atoms with van der Waals surface area (Å²) < 4.78 is 22.4. The summed E-state index contributed by atoms with van der Waals surface area (Å²) in [6.07, 6.45) is 2.59. The van der Waals surface area contributed by atoms with Crippen LogP contribution in [0.2, 0.25) is 0 Å². The van der Waals surface area contributed by atoms with Crippen molar-refractivity contribution in [2.45, 2.75) is 24.8 Å². The van der Waals surface area contributed by atoms with E-state index >= 15 is 0 Å². The van der Waals surface area contributed by atoms with E-state index in [4.69, 9.17) is 5.14 Å². The minimum atomic E-state index is -3.64. The van der Waals surface area contributed by atoms with Crippen LogP contribution in [0.25, 0.3) is 0 Å². The molecule has 0 aliphatic carbocycles. The van der Waals surface area contributed by atoms with Crippen molar-refractivity contribution in [1.29, 1.82) is 0 Å². The van der Waals surface area contributed by atoms with E-state index < -0.39 is 10.0 Å². The lowest BCUT2D eigenvalue weighted by Gasteiger charge is -2.11. The first-order valence-electron chi connectivity index (χ1n) is 7.36. The monoisotopic (exact) mass is 367 g/mol. The van der Waals surface area contributed by atoms with Crippen molar-refractivity contribution in [2.24, 2.45) is 10.1 Å². The predicted octanol–water partition coefficient (Wildman–Crippen LogP) is 1.01. The molecule has 2 rings (SSSR count). The second kappa shape index (κ2) is 8.22. The second-order valence-electron chi connectivity index (χ2n) is 5.16. The van der Waals surface area contributed by atoms with Gasteiger partial charge in [0.1, 0.15) is 5.01 Å². The number of aromatic nitrogens is 1. The van der Waals surface area contributed by atoms with Gasteiger partial charge in [-0.15, -0.1) is 11.3 Å². The molecule has 0 unspecified atom stereocenters. The number of aryl methyl sites for hydroxylation is 1. The highest BCUT2D eigenvalue weighted by Crippen LogP contribution is 2.10. The maximum absolute atomic E-state index is 11.2. The van der Waals surface area contributed by atoms with Crippen LogP contribution in [-0.2, 0) is 23.0 Å². The van der Waals surface area contributed by atoms with Gasteiger partial charge in [0.15, 0.2) is 5.96 Å². The fourth-order valence-corrected chi connectivity index (χ4v) is 3.28. The van der Waals surface area contributed by atoms with Crippen molar-refractivity contribution in [3.63, 3.8) is 0 Å². The van der Waals surface area contributed by atoms with Crippen molar-refractivity contribution in [2.75, 3.05) is 13.6 Å². The average Bonchev–Trinajstić information content (AvgIpc) is 2.96. The van der Waals surface area contributed by atoms with Crippen LogP contribution in [0.1, 0.15) is 15.4 Å². The van der Waals surface area contributed by atoms with E-state index in [0.29, 0.717) is 19.0 Å². The minimum Gasteiger partial charge on any atom is -0.356 e. The van der Waals surface area contributed by atoms with E-state index in [2.05, 4.69) is 20.6 Å². The number of nitrogens with two attached hydrogens (primary N) is 1. The number of benzene rings is 1. The zero-order chi connectivity index (χ0) is 17.6. The van der Waals surface area contributed by atoms with Crippen LogP contribution in [0.15, 0.2) is 40.4 Å². The number of hydrogen-bond acceptors (Lipinski definition) is 5. The number of aliphatic imine (C=N–C) groups is 1. The Labute approximate surface area is 146 Å². The maximum atomic E-state index is 11.2. The molecule has 0 amide bonds. The molecule has 24 heavy (non-hydrogen) atoms. The molecule has 0 saturated carbocycles. The Hall–Kier alpha value is -1.97. The molecule has 0 bridgehead atoms. The largest absolute Gasteiger partial charge is 0.356 e. The molecule has 0 saturated heterocycles. The van der Waals surface area contributed by atoms with Gasteiger partial charge in [-0.2, -0.15) is 0 Å². The summed E-state index contributed by atoms with van der Waals surface area (Å²) in [6, 6.07) is 6.55. The van der Waals surface area contributed by atoms with Gasteiger partial charge in [-0.3, -0.25) is 4.99 Å². The van der Waals surface area contributed by atoms with Crippen molar-refractivity contribution < 1.29 is 8.42 Å². The summed E-state index contributed by atoms with van der Waals surface area (Å²) in [5.41, 5.74) is 1.01. The fraction of sp³-hybridized carbons (Fsp3) is 0.333. The third-order valence-corrected chi connectivity index (χ3v) is 5.10. The molecule has 1 aromatic heterocycles. The Morgan fingerprint density at radius 2 is 2.00 bits per heavy atom. The normalized spacial score (nSPS) is 12.2. The highest BCUT2D eigenvalue weighted by molar-refractivity contribution is 7.89. The molecular weight excluding hydrogens is 346 g/mol. The van der Waals surface area contributed by atoms with Crippen LogP contribution in [0.4, 0.5) is 0 Å². The Bertz CT molecular complexity index is 798. The van der Waals surface area contributed by atoms with Crippen molar-refractivity contribution >= 4 is 27.3 Å². The molecule has 0 fully saturated rings. The molecule has 0 spiro atoms. The van der Waals surface area contributed by atoms with Gasteiger partial charge in [0, 0.05) is 24.7 Å². The average molecular weight is 368 g/mol. The Morgan fingerprint density at radius 1 is 1.29 bits per heavy atom. The number of nitrogens with zero attached hydrogens (tertiary/aromatic N) is 2. The number of primary sulfonamides is 1. The van der Waals surface area contributed by atoms with E-state index in [0.717, 1.165) is 17.0 Å². The molecule has 1 aromatic carbocycles. The SMILES string of the molecule is CN=C(NCCc1ccc(S(N)(=O)=O)cc1)NCc1ncc(C)s1. The smallest absolute Gasteiger partial charge is 0.238 e. The summed E-state index contributed by atoms with van der Waals surface area (Å²) >= 11 is 1.65. The van der Waals surface area contributed by atoms with Gasteiger partial charge in [0.05, 0.1) is 11.4 Å². The van der Waals surface area contributed by atoms with E-state index in [1.807, 2.05) is 13.1 Å². The van der Waals surface area contributed by atoms with Gasteiger partial charge in [-0.1, -0.05) is 12.1 Å². The van der Waals surface area contributed by atoms with Crippen molar-refractivity contribution in [3.05, 3.63) is 45.9 Å². The zero-order valence-corrected chi connectivity index (χ0v) is 15.2. The van der Waals surface area contributed by atoms with E-state index in [1.54, 1.807) is 30.5 Å². The quantitative estimate of drug-likeness (QED) is 0.521. The van der Waals surface area contributed by atoms with Gasteiger partial charge in [0.25, 0.3) is 0 Å². The number of rotatable bonds is 6. The lowest BCUT2D eigenvalue weighted by atomic mass is 10.1. The summed E-state index contributed by atoms with van der Waals surface area (Å²) in [4.78, 5) is 9.75. The van der Waals surface area contributed by atoms with Crippen LogP contribution >= 0.6 is 11.3 Å². The predicted molar refractivity (Wildman–Crippen MR) is 96.6 cm³/mol. The molecule has 0 aliphatic rings. The summed E-state index contributed by atoms with van der Waals surface area (Å²) in [6.45, 7) is 3.32. The van der Waals surface area contributed by atoms with Crippen LogP contribution in [0.3, 0.4) is 0 Å². The highest BCUT2D eigenvalue weighted by Gasteiger charge is 2.07. The third kappa shape index (κ3) is 5.59. The van der Waals surface area contributed by atoms with E-state index in [1.165, 1.54) is 17.0 Å². The molecule has 9 heteroatoms. The summed E-state index contributed by atoms with van der Waals surface area (Å²) in [5, 5.41) is 12.5. The van der Waals surface area contributed by atoms with Crippen molar-refractivity contribution in [3.8, 4) is 0 Å². The van der Waals surface area contributed by atoms with Crippen molar-refractivity contribution in [1.82, 2.24) is 15.6 Å². The lowest BCUT2D eigenvalue weighted by Crippen LogP contribution is -2.37. The van der Waals surface area contributed by atoms with Gasteiger partial charge in [-0.05, 0) is 31.0 Å². The highest BCUT2D eigenvalue weighted by atomic mass is 32.2. The van der Waals surface area contributed by atoms with E-state index in [-0.39, 0.29) is 4.90 Å². The van der Waals surface area contributed by atoms with Crippen LogP contribution in [0.5, 0.6) is 0 Å². The van der Waals surface area contributed by atoms with Crippen LogP contribution < -0.4 is 15.8 Å². The molecule has 0 radical (unpaired) electrons. The fourth-order valence-electron chi connectivity index (χ4n) is 2.03. The summed E-state index contributed by atoms with van der Waals surface area (Å²) in [5.74, 6) is 0.698. The van der Waals surface area contributed by atoms with Crippen LogP contribution in [0, 0.1) is 6.92 Å². The molecule has 130 valence electrons. The Morgan fingerprint density at radius 3 is 2.54 bits per heavy atom. The molecule has 4 N–H and O–H groups in total. The molecule has 7 nitrogen and oxygen atoms in total. The number of guanidine groups is 1. The number of nitrogens with one attached hydrogen (secondary N) is 2. The first-order chi connectivity index (χ1) is 11.4. The maximum Gasteiger partial charge on any atom is 0.238 e. The standard InChI is InChI=1S/C15H21N5O2S2/c1-11-9-19-14(23-11)10-20-15(17-2)18-8-7-12-3-5-13(6-4-12)24(16,21)22/h3-6,9H,7-8,10H2,1-2H3,(H2,16,21,22)(H2,17,18,20). The molecule has 0 aliphatic heterocycles. The zero-order valence-electron chi connectivity index (χ0n) is 13.6. The molecule has 0 atom stereocenters. The topological polar surface area (TPSA) is 109 Å². The first-order valence-corrected chi connectivity index (χ1v) is 9.72. The van der Waals surface area contributed by atoms with Crippen LogP contribution in [-0.4, -0.2) is 33.0 Å². The Balaban J connectivity index is 1.79. The minimum absolute atomic E-state index is 0.121. The number of sulfonamides is 1. The lowest BCUT2D eigenvalue weighted by molar-refractivity contribution is 0.598. The summed E-state index contributed by atoms with van der Waals surface area (Å²) in [7, 11) is -1.93. The number of hydrogen-bond donors (Lipinski definition) is 3. The Kier molecular flexibility index (Phi) is 6.29. The van der Waals surface area contributed by atoms with Gasteiger partial charge in [-0.25, -0.2) is 18.5 Å². The van der Waals surface area contributed by atoms with E-state index in [9.17, 15) is 8.42 Å². The second-order valence-corrected chi connectivity index (χ2v) is 8.04. The van der Waals surface area contributed by atoms with Gasteiger partial charge < -0.3 is 10.6 Å². The third-order valence-electron chi connectivity index (χ3n) is 3.26. The number of thiazole rings is 1. The molecular formula is C15H21N5O2S2. The first kappa shape index (κ1) is 18.4.